The van der Waals surface area contributed by atoms with E-state index in [1.54, 1.807) is 24.3 Å². The summed E-state index contributed by atoms with van der Waals surface area (Å²) in [4.78, 5) is 27.8. The van der Waals surface area contributed by atoms with Gasteiger partial charge in [-0.2, -0.15) is 5.10 Å². The molecule has 7 nitrogen and oxygen atoms in total. The van der Waals surface area contributed by atoms with Crippen LogP contribution in [0, 0.1) is 0 Å². The van der Waals surface area contributed by atoms with Gasteiger partial charge in [0, 0.05) is 11.6 Å². The summed E-state index contributed by atoms with van der Waals surface area (Å²) in [5.74, 6) is -1.07. The summed E-state index contributed by atoms with van der Waals surface area (Å²) >= 11 is 5.91. The highest BCUT2D eigenvalue weighted by Gasteiger charge is 2.21. The molecule has 4 aromatic rings. The summed E-state index contributed by atoms with van der Waals surface area (Å²) in [5, 5.41) is 18.3. The van der Waals surface area contributed by atoms with Crippen molar-refractivity contribution in [3.05, 3.63) is 86.8 Å². The fourth-order valence-electron chi connectivity index (χ4n) is 3.21. The van der Waals surface area contributed by atoms with Crippen LogP contribution in [0.2, 0.25) is 5.02 Å². The second-order valence-electron chi connectivity index (χ2n) is 6.83. The molecular formula is C22H19ClN4O3. The van der Waals surface area contributed by atoms with Gasteiger partial charge in [0.1, 0.15) is 17.0 Å². The average Bonchev–Trinajstić information content (AvgIpc) is 3.17. The number of carbonyl (C=O) groups excluding carboxylic acids is 1. The number of rotatable bonds is 5. The van der Waals surface area contributed by atoms with Crippen molar-refractivity contribution in [3.63, 3.8) is 0 Å². The Bertz CT molecular complexity index is 1270. The number of H-pyrrole nitrogens is 1. The SMILES string of the molecule is CCc1ccc(CNC(=O)c2c(O)c3cnn(-c4ccc(Cl)cc4)c3[nH]c2=O)cc1. The number of aromatic amines is 1. The molecule has 0 aliphatic rings. The van der Waals surface area contributed by atoms with E-state index in [0.29, 0.717) is 10.7 Å². The first kappa shape index (κ1) is 19.7. The molecule has 3 N–H and O–H groups in total. The summed E-state index contributed by atoms with van der Waals surface area (Å²) in [6.07, 6.45) is 2.33. The number of nitrogens with one attached hydrogen (secondary N) is 2. The van der Waals surface area contributed by atoms with Gasteiger partial charge in [0.15, 0.2) is 0 Å². The molecule has 2 aromatic carbocycles. The number of amides is 1. The zero-order chi connectivity index (χ0) is 21.3. The third kappa shape index (κ3) is 3.67. The van der Waals surface area contributed by atoms with Crippen LogP contribution in [-0.4, -0.2) is 25.8 Å². The molecule has 0 fully saturated rings. The predicted octanol–water partition coefficient (Wildman–Crippen LogP) is 3.57. The van der Waals surface area contributed by atoms with E-state index in [-0.39, 0.29) is 23.1 Å². The molecule has 0 aliphatic carbocycles. The van der Waals surface area contributed by atoms with Crippen LogP contribution in [0.25, 0.3) is 16.7 Å². The molecule has 2 aromatic heterocycles. The lowest BCUT2D eigenvalue weighted by Crippen LogP contribution is -2.29. The van der Waals surface area contributed by atoms with Gasteiger partial charge >= 0.3 is 0 Å². The number of fused-ring (bicyclic) bond motifs is 1. The number of pyridine rings is 1. The van der Waals surface area contributed by atoms with E-state index in [4.69, 9.17) is 11.6 Å². The van der Waals surface area contributed by atoms with Crippen molar-refractivity contribution in [1.82, 2.24) is 20.1 Å². The van der Waals surface area contributed by atoms with Crippen LogP contribution in [0.5, 0.6) is 5.75 Å². The molecule has 2 heterocycles. The molecule has 0 aliphatic heterocycles. The Hall–Kier alpha value is -3.58. The van der Waals surface area contributed by atoms with Crippen LogP contribution in [0.1, 0.15) is 28.4 Å². The van der Waals surface area contributed by atoms with Gasteiger partial charge < -0.3 is 15.4 Å². The van der Waals surface area contributed by atoms with Crippen LogP contribution >= 0.6 is 11.6 Å². The van der Waals surface area contributed by atoms with Gasteiger partial charge in [0.2, 0.25) is 0 Å². The van der Waals surface area contributed by atoms with Crippen molar-refractivity contribution >= 4 is 28.5 Å². The molecular weight excluding hydrogens is 404 g/mol. The van der Waals surface area contributed by atoms with Crippen molar-refractivity contribution in [3.8, 4) is 11.4 Å². The molecule has 30 heavy (non-hydrogen) atoms. The maximum Gasteiger partial charge on any atom is 0.266 e. The van der Waals surface area contributed by atoms with E-state index in [1.807, 2.05) is 24.3 Å². The largest absolute Gasteiger partial charge is 0.506 e. The monoisotopic (exact) mass is 422 g/mol. The highest BCUT2D eigenvalue weighted by molar-refractivity contribution is 6.30. The Morgan fingerprint density at radius 2 is 1.80 bits per heavy atom. The number of aromatic hydroxyl groups is 1. The van der Waals surface area contributed by atoms with Gasteiger partial charge in [-0.05, 0) is 41.8 Å². The lowest BCUT2D eigenvalue weighted by atomic mass is 10.1. The van der Waals surface area contributed by atoms with Gasteiger partial charge in [-0.15, -0.1) is 0 Å². The smallest absolute Gasteiger partial charge is 0.266 e. The van der Waals surface area contributed by atoms with Crippen LogP contribution < -0.4 is 10.9 Å². The highest BCUT2D eigenvalue weighted by atomic mass is 35.5. The number of hydrogen-bond acceptors (Lipinski definition) is 4. The van der Waals surface area contributed by atoms with E-state index in [9.17, 15) is 14.7 Å². The van der Waals surface area contributed by atoms with Gasteiger partial charge in [-0.25, -0.2) is 4.68 Å². The third-order valence-corrected chi connectivity index (χ3v) is 5.15. The first-order valence-corrected chi connectivity index (χ1v) is 9.80. The van der Waals surface area contributed by atoms with E-state index < -0.39 is 17.2 Å². The van der Waals surface area contributed by atoms with Gasteiger partial charge in [-0.1, -0.05) is 42.8 Å². The number of hydrogen-bond donors (Lipinski definition) is 3. The molecule has 0 saturated carbocycles. The van der Waals surface area contributed by atoms with Crippen molar-refractivity contribution in [2.24, 2.45) is 0 Å². The lowest BCUT2D eigenvalue weighted by Gasteiger charge is -2.08. The van der Waals surface area contributed by atoms with Crippen LogP contribution in [0.3, 0.4) is 0 Å². The van der Waals surface area contributed by atoms with Crippen molar-refractivity contribution in [2.45, 2.75) is 19.9 Å². The number of benzene rings is 2. The Balaban J connectivity index is 1.63. The highest BCUT2D eigenvalue weighted by Crippen LogP contribution is 2.26. The zero-order valence-electron chi connectivity index (χ0n) is 16.1. The standard InChI is InChI=1S/C22H19ClN4O3/c1-2-13-3-5-14(6-4-13)11-24-21(29)18-19(28)17-12-25-27(20(17)26-22(18)30)16-9-7-15(23)8-10-16/h3-10,12H,2,11H2,1H3,(H,24,29)(H2,26,28,30). The molecule has 0 saturated heterocycles. The van der Waals surface area contributed by atoms with Crippen LogP contribution in [-0.2, 0) is 13.0 Å². The topological polar surface area (TPSA) is 100 Å². The predicted molar refractivity (Wildman–Crippen MR) is 115 cm³/mol. The van der Waals surface area contributed by atoms with E-state index in [0.717, 1.165) is 12.0 Å². The van der Waals surface area contributed by atoms with Crippen molar-refractivity contribution in [2.75, 3.05) is 0 Å². The van der Waals surface area contributed by atoms with E-state index in [2.05, 4.69) is 22.3 Å². The average molecular weight is 423 g/mol. The first-order chi connectivity index (χ1) is 14.5. The normalized spacial score (nSPS) is 11.0. The second kappa shape index (κ2) is 8.04. The Labute approximate surface area is 176 Å². The van der Waals surface area contributed by atoms with Crippen LogP contribution in [0.4, 0.5) is 0 Å². The number of aryl methyl sites for hydroxylation is 1. The molecule has 0 bridgehead atoms. The molecule has 8 heteroatoms. The fraction of sp³-hybridized carbons (Fsp3) is 0.136. The minimum absolute atomic E-state index is 0.240. The molecule has 4 rings (SSSR count). The Morgan fingerprint density at radius 1 is 1.13 bits per heavy atom. The minimum atomic E-state index is -0.699. The molecule has 0 unspecified atom stereocenters. The molecule has 0 atom stereocenters. The zero-order valence-corrected chi connectivity index (χ0v) is 16.9. The number of carbonyl (C=O) groups is 1. The Morgan fingerprint density at radius 3 is 2.47 bits per heavy atom. The molecule has 1 amide bonds. The quantitative estimate of drug-likeness (QED) is 0.457. The van der Waals surface area contributed by atoms with E-state index >= 15 is 0 Å². The summed E-state index contributed by atoms with van der Waals surface area (Å²) < 4.78 is 1.46. The summed E-state index contributed by atoms with van der Waals surface area (Å²) in [5.41, 5.74) is 1.98. The minimum Gasteiger partial charge on any atom is -0.506 e. The number of aromatic nitrogens is 3. The number of halogens is 1. The summed E-state index contributed by atoms with van der Waals surface area (Å²) in [7, 11) is 0. The fourth-order valence-corrected chi connectivity index (χ4v) is 3.33. The lowest BCUT2D eigenvalue weighted by molar-refractivity contribution is 0.0947. The van der Waals surface area contributed by atoms with Crippen LogP contribution in [0.15, 0.2) is 59.5 Å². The Kier molecular flexibility index (Phi) is 5.29. The third-order valence-electron chi connectivity index (χ3n) is 4.90. The van der Waals surface area contributed by atoms with Gasteiger partial charge in [0.25, 0.3) is 11.5 Å². The van der Waals surface area contributed by atoms with E-state index in [1.165, 1.54) is 16.4 Å². The molecule has 0 radical (unpaired) electrons. The summed E-state index contributed by atoms with van der Waals surface area (Å²) in [6, 6.07) is 14.7. The summed E-state index contributed by atoms with van der Waals surface area (Å²) in [6.45, 7) is 2.31. The van der Waals surface area contributed by atoms with Crippen molar-refractivity contribution in [1.29, 1.82) is 0 Å². The molecule has 152 valence electrons. The maximum atomic E-state index is 12.6. The van der Waals surface area contributed by atoms with Crippen molar-refractivity contribution < 1.29 is 9.90 Å². The second-order valence-corrected chi connectivity index (χ2v) is 7.26. The maximum absolute atomic E-state index is 12.6. The first-order valence-electron chi connectivity index (χ1n) is 9.43. The number of nitrogens with zero attached hydrogens (tertiary/aromatic N) is 2. The van der Waals surface area contributed by atoms with Gasteiger partial charge in [0.05, 0.1) is 17.3 Å². The van der Waals surface area contributed by atoms with Gasteiger partial charge in [-0.3, -0.25) is 9.59 Å². The molecule has 0 spiro atoms.